The first-order valence-corrected chi connectivity index (χ1v) is 9.52. The Morgan fingerprint density at radius 3 is 2.56 bits per heavy atom. The summed E-state index contributed by atoms with van der Waals surface area (Å²) >= 11 is 6.31. The Morgan fingerprint density at radius 2 is 1.85 bits per heavy atom. The van der Waals surface area contributed by atoms with Crippen LogP contribution < -0.4 is 5.69 Å². The van der Waals surface area contributed by atoms with Gasteiger partial charge in [0.05, 0.1) is 35.3 Å². The first-order chi connectivity index (χ1) is 13.1. The topological polar surface area (TPSA) is 71.0 Å². The van der Waals surface area contributed by atoms with Gasteiger partial charge in [0.2, 0.25) is 0 Å². The van der Waals surface area contributed by atoms with Gasteiger partial charge in [0, 0.05) is 11.1 Å². The number of hydrogen-bond acceptors (Lipinski definition) is 3. The highest BCUT2D eigenvalue weighted by atomic mass is 35.5. The molecule has 5 nitrogen and oxygen atoms in total. The van der Waals surface area contributed by atoms with E-state index in [1.165, 1.54) is 0 Å². The fourth-order valence-electron chi connectivity index (χ4n) is 3.97. The molecule has 138 valence electrons. The lowest BCUT2D eigenvalue weighted by molar-refractivity contribution is 0.110. The second kappa shape index (κ2) is 7.22. The summed E-state index contributed by atoms with van der Waals surface area (Å²) in [7, 11) is 0. The van der Waals surface area contributed by atoms with E-state index in [0.29, 0.717) is 30.0 Å². The third kappa shape index (κ3) is 3.27. The van der Waals surface area contributed by atoms with Gasteiger partial charge in [-0.05, 0) is 55.5 Å². The van der Waals surface area contributed by atoms with E-state index in [1.54, 1.807) is 16.7 Å². The molecule has 0 atom stereocenters. The zero-order chi connectivity index (χ0) is 19.0. The zero-order valence-electron chi connectivity index (χ0n) is 14.8. The van der Waals surface area contributed by atoms with E-state index in [2.05, 4.69) is 6.07 Å². The number of aromatic nitrogens is 2. The minimum atomic E-state index is -0.279. The molecule has 2 aromatic carbocycles. The van der Waals surface area contributed by atoms with E-state index in [0.717, 1.165) is 29.4 Å². The van der Waals surface area contributed by atoms with Crippen LogP contribution in [0.2, 0.25) is 5.02 Å². The molecule has 0 bridgehead atoms. The Balaban J connectivity index is 1.87. The summed E-state index contributed by atoms with van der Waals surface area (Å²) in [5.41, 5.74) is 2.85. The summed E-state index contributed by atoms with van der Waals surface area (Å²) in [6, 6.07) is 15.0. The molecule has 6 heteroatoms. The number of aliphatic hydroxyl groups is 1. The number of benzene rings is 2. The lowest BCUT2D eigenvalue weighted by Crippen LogP contribution is -2.31. The zero-order valence-corrected chi connectivity index (χ0v) is 15.6. The molecule has 1 aromatic heterocycles. The monoisotopic (exact) mass is 381 g/mol. The molecular formula is C21H20ClN3O2. The van der Waals surface area contributed by atoms with E-state index in [-0.39, 0.29) is 17.8 Å². The Kier molecular flexibility index (Phi) is 4.77. The Bertz CT molecular complexity index is 1080. The van der Waals surface area contributed by atoms with Crippen LogP contribution >= 0.6 is 11.6 Å². The van der Waals surface area contributed by atoms with Gasteiger partial charge in [-0.25, -0.2) is 4.79 Å². The van der Waals surface area contributed by atoms with Crippen molar-refractivity contribution in [2.75, 3.05) is 0 Å². The lowest BCUT2D eigenvalue weighted by Gasteiger charge is -2.26. The fourth-order valence-corrected chi connectivity index (χ4v) is 4.16. The molecule has 0 saturated heterocycles. The molecule has 1 fully saturated rings. The molecule has 0 amide bonds. The highest BCUT2D eigenvalue weighted by Crippen LogP contribution is 2.31. The van der Waals surface area contributed by atoms with Gasteiger partial charge in [-0.2, -0.15) is 5.26 Å². The van der Waals surface area contributed by atoms with Gasteiger partial charge in [0.25, 0.3) is 0 Å². The second-order valence-electron chi connectivity index (χ2n) is 7.11. The Labute approximate surface area is 162 Å². The van der Waals surface area contributed by atoms with E-state index in [9.17, 15) is 15.2 Å². The average Bonchev–Trinajstić information content (AvgIpc) is 2.95. The minimum absolute atomic E-state index is 0.0591. The third-order valence-corrected chi connectivity index (χ3v) is 5.78. The number of rotatable bonds is 3. The van der Waals surface area contributed by atoms with Crippen molar-refractivity contribution in [3.63, 3.8) is 0 Å². The van der Waals surface area contributed by atoms with Gasteiger partial charge in [0.15, 0.2) is 0 Å². The number of nitriles is 1. The Morgan fingerprint density at radius 1 is 1.11 bits per heavy atom. The van der Waals surface area contributed by atoms with Crippen molar-refractivity contribution in [1.82, 2.24) is 9.13 Å². The standard InChI is InChI=1S/C21H20ClN3O2/c22-18-4-2-1-3-15(18)13-24-20-11-14(12-23)5-10-19(20)25(21(24)27)16-6-8-17(26)9-7-16/h1-5,10-11,16-17,26H,6-9,13H2. The molecule has 0 unspecified atom stereocenters. The normalized spacial score (nSPS) is 19.9. The van der Waals surface area contributed by atoms with Crippen LogP contribution in [0.25, 0.3) is 11.0 Å². The van der Waals surface area contributed by atoms with Crippen LogP contribution in [0.5, 0.6) is 0 Å². The van der Waals surface area contributed by atoms with Gasteiger partial charge in [-0.1, -0.05) is 29.8 Å². The largest absolute Gasteiger partial charge is 0.393 e. The highest BCUT2D eigenvalue weighted by Gasteiger charge is 2.25. The molecule has 0 radical (unpaired) electrons. The molecule has 1 aliphatic rings. The predicted octanol–water partition coefficient (Wildman–Crippen LogP) is 3.85. The molecule has 0 aliphatic heterocycles. The van der Waals surface area contributed by atoms with Crippen LogP contribution in [-0.4, -0.2) is 20.3 Å². The number of hydrogen-bond donors (Lipinski definition) is 1. The molecule has 0 spiro atoms. The fraction of sp³-hybridized carbons (Fsp3) is 0.333. The first kappa shape index (κ1) is 17.8. The van der Waals surface area contributed by atoms with Gasteiger partial charge in [-0.15, -0.1) is 0 Å². The van der Waals surface area contributed by atoms with Crippen molar-refractivity contribution in [2.45, 2.75) is 44.4 Å². The van der Waals surface area contributed by atoms with Gasteiger partial charge >= 0.3 is 5.69 Å². The number of imidazole rings is 1. The van der Waals surface area contributed by atoms with Crippen molar-refractivity contribution in [3.8, 4) is 6.07 Å². The van der Waals surface area contributed by atoms with E-state index >= 15 is 0 Å². The molecule has 27 heavy (non-hydrogen) atoms. The number of aliphatic hydroxyl groups excluding tert-OH is 1. The van der Waals surface area contributed by atoms with Crippen LogP contribution in [0, 0.1) is 11.3 Å². The van der Waals surface area contributed by atoms with Gasteiger partial charge in [-0.3, -0.25) is 9.13 Å². The third-order valence-electron chi connectivity index (χ3n) is 5.41. The molecule has 1 saturated carbocycles. The van der Waals surface area contributed by atoms with Crippen molar-refractivity contribution >= 4 is 22.6 Å². The lowest BCUT2D eigenvalue weighted by atomic mass is 9.93. The SMILES string of the molecule is N#Cc1ccc2c(c1)n(Cc1ccccc1Cl)c(=O)n2C1CCC(O)CC1. The van der Waals surface area contributed by atoms with Crippen molar-refractivity contribution in [3.05, 3.63) is 69.1 Å². The van der Waals surface area contributed by atoms with Crippen molar-refractivity contribution in [2.24, 2.45) is 0 Å². The summed E-state index contributed by atoms with van der Waals surface area (Å²) in [6.45, 7) is 0.353. The summed E-state index contributed by atoms with van der Waals surface area (Å²) in [5, 5.41) is 19.7. The summed E-state index contributed by atoms with van der Waals surface area (Å²) < 4.78 is 3.53. The minimum Gasteiger partial charge on any atom is -0.393 e. The van der Waals surface area contributed by atoms with E-state index in [1.807, 2.05) is 34.9 Å². The molecule has 4 rings (SSSR count). The average molecular weight is 382 g/mol. The second-order valence-corrected chi connectivity index (χ2v) is 7.51. The smallest absolute Gasteiger partial charge is 0.329 e. The van der Waals surface area contributed by atoms with Gasteiger partial charge < -0.3 is 5.11 Å². The molecule has 1 N–H and O–H groups in total. The maximum Gasteiger partial charge on any atom is 0.329 e. The van der Waals surface area contributed by atoms with E-state index in [4.69, 9.17) is 11.6 Å². The Hall–Kier alpha value is -2.55. The quantitative estimate of drug-likeness (QED) is 0.749. The molecular weight excluding hydrogens is 362 g/mol. The van der Waals surface area contributed by atoms with E-state index < -0.39 is 0 Å². The van der Waals surface area contributed by atoms with Crippen LogP contribution in [-0.2, 0) is 6.54 Å². The summed E-state index contributed by atoms with van der Waals surface area (Å²) in [5.74, 6) is 0. The predicted molar refractivity (Wildman–Crippen MR) is 105 cm³/mol. The summed E-state index contributed by atoms with van der Waals surface area (Å²) in [4.78, 5) is 13.3. The van der Waals surface area contributed by atoms with Gasteiger partial charge in [0.1, 0.15) is 0 Å². The number of fused-ring (bicyclic) bond motifs is 1. The van der Waals surface area contributed by atoms with Crippen LogP contribution in [0.3, 0.4) is 0 Å². The number of halogens is 1. The van der Waals surface area contributed by atoms with Crippen LogP contribution in [0.15, 0.2) is 47.3 Å². The number of nitrogens with zero attached hydrogens (tertiary/aromatic N) is 3. The van der Waals surface area contributed by atoms with Crippen molar-refractivity contribution < 1.29 is 5.11 Å². The molecule has 3 aromatic rings. The highest BCUT2D eigenvalue weighted by molar-refractivity contribution is 6.31. The van der Waals surface area contributed by atoms with Crippen LogP contribution in [0.1, 0.15) is 42.9 Å². The molecule has 1 heterocycles. The maximum atomic E-state index is 13.3. The summed E-state index contributed by atoms with van der Waals surface area (Å²) in [6.07, 6.45) is 2.66. The first-order valence-electron chi connectivity index (χ1n) is 9.15. The van der Waals surface area contributed by atoms with Crippen molar-refractivity contribution in [1.29, 1.82) is 5.26 Å². The molecule has 1 aliphatic carbocycles. The maximum absolute atomic E-state index is 13.3. The van der Waals surface area contributed by atoms with Crippen LogP contribution in [0.4, 0.5) is 0 Å².